The van der Waals surface area contributed by atoms with Crippen LogP contribution in [0.1, 0.15) is 18.7 Å². The Morgan fingerprint density at radius 2 is 2.25 bits per heavy atom. The normalized spacial score (nSPS) is 14.4. The predicted octanol–water partition coefficient (Wildman–Crippen LogP) is 1.65. The van der Waals surface area contributed by atoms with Crippen molar-refractivity contribution in [2.75, 3.05) is 13.6 Å². The van der Waals surface area contributed by atoms with Gasteiger partial charge in [-0.3, -0.25) is 4.79 Å². The second-order valence-corrected chi connectivity index (χ2v) is 5.18. The van der Waals surface area contributed by atoms with Crippen molar-refractivity contribution in [1.82, 2.24) is 10.6 Å². The summed E-state index contributed by atoms with van der Waals surface area (Å²) in [4.78, 5) is 13.0. The zero-order chi connectivity index (χ0) is 12.0. The standard InChI is InChI=1S/C12H20N2OS/c1-9(8-13-3)12(15)14-10(2)7-11-5-4-6-16-11/h4-6,9-10,13H,7-8H2,1-3H3,(H,14,15). The molecule has 0 spiro atoms. The summed E-state index contributed by atoms with van der Waals surface area (Å²) < 4.78 is 0. The van der Waals surface area contributed by atoms with Crippen LogP contribution in [-0.4, -0.2) is 25.5 Å². The van der Waals surface area contributed by atoms with Crippen LogP contribution in [0.4, 0.5) is 0 Å². The highest BCUT2D eigenvalue weighted by Gasteiger charge is 2.14. The molecule has 0 saturated heterocycles. The third-order valence-corrected chi connectivity index (χ3v) is 3.33. The molecular weight excluding hydrogens is 220 g/mol. The lowest BCUT2D eigenvalue weighted by molar-refractivity contribution is -0.124. The lowest BCUT2D eigenvalue weighted by atomic mass is 10.1. The fourth-order valence-electron chi connectivity index (χ4n) is 1.57. The molecule has 0 aliphatic carbocycles. The highest BCUT2D eigenvalue weighted by atomic mass is 32.1. The minimum atomic E-state index is 0.0239. The molecule has 2 atom stereocenters. The van der Waals surface area contributed by atoms with Gasteiger partial charge in [-0.05, 0) is 25.4 Å². The average molecular weight is 240 g/mol. The zero-order valence-electron chi connectivity index (χ0n) is 10.1. The molecule has 16 heavy (non-hydrogen) atoms. The third-order valence-electron chi connectivity index (χ3n) is 2.43. The minimum Gasteiger partial charge on any atom is -0.353 e. The van der Waals surface area contributed by atoms with Crippen molar-refractivity contribution in [3.05, 3.63) is 22.4 Å². The first-order valence-electron chi connectivity index (χ1n) is 5.60. The molecule has 0 aliphatic rings. The number of carbonyl (C=O) groups is 1. The number of nitrogens with one attached hydrogen (secondary N) is 2. The summed E-state index contributed by atoms with van der Waals surface area (Å²) in [5.74, 6) is 0.147. The second kappa shape index (κ2) is 6.66. The van der Waals surface area contributed by atoms with Crippen molar-refractivity contribution in [3.63, 3.8) is 0 Å². The molecule has 2 N–H and O–H groups in total. The van der Waals surface area contributed by atoms with Crippen LogP contribution in [0.2, 0.25) is 0 Å². The van der Waals surface area contributed by atoms with Gasteiger partial charge in [0, 0.05) is 29.8 Å². The largest absolute Gasteiger partial charge is 0.353 e. The molecule has 0 bridgehead atoms. The van der Waals surface area contributed by atoms with Gasteiger partial charge in [0.25, 0.3) is 0 Å². The topological polar surface area (TPSA) is 41.1 Å². The van der Waals surface area contributed by atoms with Crippen LogP contribution >= 0.6 is 11.3 Å². The summed E-state index contributed by atoms with van der Waals surface area (Å²) in [5, 5.41) is 8.10. The molecule has 1 aromatic heterocycles. The van der Waals surface area contributed by atoms with E-state index >= 15 is 0 Å². The Morgan fingerprint density at radius 1 is 1.50 bits per heavy atom. The van der Waals surface area contributed by atoms with Gasteiger partial charge in [0.1, 0.15) is 0 Å². The van der Waals surface area contributed by atoms with Crippen molar-refractivity contribution in [2.24, 2.45) is 5.92 Å². The first kappa shape index (κ1) is 13.2. The molecule has 1 aromatic rings. The first-order chi connectivity index (χ1) is 7.63. The van der Waals surface area contributed by atoms with E-state index in [0.717, 1.165) is 13.0 Å². The van der Waals surface area contributed by atoms with Gasteiger partial charge in [-0.25, -0.2) is 0 Å². The van der Waals surface area contributed by atoms with Gasteiger partial charge in [-0.2, -0.15) is 0 Å². The van der Waals surface area contributed by atoms with Gasteiger partial charge in [0.2, 0.25) is 5.91 Å². The Hall–Kier alpha value is -0.870. The third kappa shape index (κ3) is 4.33. The molecule has 0 saturated carbocycles. The molecule has 0 aromatic carbocycles. The first-order valence-corrected chi connectivity index (χ1v) is 6.48. The van der Waals surface area contributed by atoms with Crippen molar-refractivity contribution in [3.8, 4) is 0 Å². The van der Waals surface area contributed by atoms with Crippen LogP contribution < -0.4 is 10.6 Å². The molecule has 1 amide bonds. The minimum absolute atomic E-state index is 0.0239. The number of carbonyl (C=O) groups excluding carboxylic acids is 1. The maximum Gasteiger partial charge on any atom is 0.224 e. The average Bonchev–Trinajstić information content (AvgIpc) is 2.70. The molecule has 3 nitrogen and oxygen atoms in total. The number of hydrogen-bond donors (Lipinski definition) is 2. The Kier molecular flexibility index (Phi) is 5.49. The number of thiophene rings is 1. The van der Waals surface area contributed by atoms with Gasteiger partial charge < -0.3 is 10.6 Å². The van der Waals surface area contributed by atoms with Gasteiger partial charge >= 0.3 is 0 Å². The molecule has 0 fully saturated rings. The van der Waals surface area contributed by atoms with Gasteiger partial charge in [0.15, 0.2) is 0 Å². The Balaban J connectivity index is 2.33. The van der Waals surface area contributed by atoms with Crippen molar-refractivity contribution in [2.45, 2.75) is 26.3 Å². The molecule has 4 heteroatoms. The van der Waals surface area contributed by atoms with Crippen LogP contribution in [0, 0.1) is 5.92 Å². The maximum absolute atomic E-state index is 11.7. The number of amides is 1. The SMILES string of the molecule is CNCC(C)C(=O)NC(C)Cc1cccs1. The van der Waals surface area contributed by atoms with Crippen LogP contribution in [0.3, 0.4) is 0 Å². The Bertz CT molecular complexity index is 311. The summed E-state index contributed by atoms with van der Waals surface area (Å²) in [6.45, 7) is 4.70. The number of hydrogen-bond acceptors (Lipinski definition) is 3. The molecule has 0 radical (unpaired) electrons. The fraction of sp³-hybridized carbons (Fsp3) is 0.583. The summed E-state index contributed by atoms with van der Waals surface area (Å²) >= 11 is 1.73. The highest BCUT2D eigenvalue weighted by Crippen LogP contribution is 2.11. The van der Waals surface area contributed by atoms with Crippen LogP contribution in [0.15, 0.2) is 17.5 Å². The van der Waals surface area contributed by atoms with Gasteiger partial charge in [-0.15, -0.1) is 11.3 Å². The Morgan fingerprint density at radius 3 is 2.81 bits per heavy atom. The van der Waals surface area contributed by atoms with Crippen LogP contribution in [-0.2, 0) is 11.2 Å². The zero-order valence-corrected chi connectivity index (χ0v) is 10.9. The summed E-state index contributed by atoms with van der Waals surface area (Å²) in [7, 11) is 1.86. The molecule has 0 aliphatic heterocycles. The maximum atomic E-state index is 11.7. The fourth-order valence-corrected chi connectivity index (χ4v) is 2.40. The summed E-state index contributed by atoms with van der Waals surface area (Å²) in [5.41, 5.74) is 0. The van der Waals surface area contributed by atoms with Crippen molar-refractivity contribution >= 4 is 17.2 Å². The molecule has 1 heterocycles. The van der Waals surface area contributed by atoms with E-state index in [2.05, 4.69) is 22.1 Å². The molecular formula is C12H20N2OS. The van der Waals surface area contributed by atoms with E-state index in [1.165, 1.54) is 4.88 Å². The highest BCUT2D eigenvalue weighted by molar-refractivity contribution is 7.09. The molecule has 2 unspecified atom stereocenters. The quantitative estimate of drug-likeness (QED) is 0.794. The molecule has 90 valence electrons. The van der Waals surface area contributed by atoms with E-state index in [1.54, 1.807) is 11.3 Å². The molecule has 1 rings (SSSR count). The second-order valence-electron chi connectivity index (χ2n) is 4.15. The lowest BCUT2D eigenvalue weighted by Gasteiger charge is -2.16. The summed E-state index contributed by atoms with van der Waals surface area (Å²) in [6.07, 6.45) is 0.912. The lowest BCUT2D eigenvalue weighted by Crippen LogP contribution is -2.40. The van der Waals surface area contributed by atoms with Gasteiger partial charge in [-0.1, -0.05) is 13.0 Å². The summed E-state index contributed by atoms with van der Waals surface area (Å²) in [6, 6.07) is 4.34. The van der Waals surface area contributed by atoms with Crippen LogP contribution in [0.25, 0.3) is 0 Å². The van der Waals surface area contributed by atoms with E-state index in [4.69, 9.17) is 0 Å². The van der Waals surface area contributed by atoms with E-state index in [0.29, 0.717) is 0 Å². The van der Waals surface area contributed by atoms with Crippen molar-refractivity contribution < 1.29 is 4.79 Å². The van der Waals surface area contributed by atoms with Crippen LogP contribution in [0.5, 0.6) is 0 Å². The van der Waals surface area contributed by atoms with Gasteiger partial charge in [0.05, 0.1) is 0 Å². The monoisotopic (exact) mass is 240 g/mol. The smallest absolute Gasteiger partial charge is 0.224 e. The Labute approximate surface area is 101 Å². The van der Waals surface area contributed by atoms with E-state index in [-0.39, 0.29) is 17.9 Å². The van der Waals surface area contributed by atoms with E-state index in [9.17, 15) is 4.79 Å². The predicted molar refractivity (Wildman–Crippen MR) is 68.7 cm³/mol. The van der Waals surface area contributed by atoms with E-state index in [1.807, 2.05) is 27.0 Å². The van der Waals surface area contributed by atoms with E-state index < -0.39 is 0 Å². The number of rotatable bonds is 6. The van der Waals surface area contributed by atoms with Crippen molar-refractivity contribution in [1.29, 1.82) is 0 Å².